The summed E-state index contributed by atoms with van der Waals surface area (Å²) in [5, 5.41) is 11.0. The lowest BCUT2D eigenvalue weighted by Gasteiger charge is -2.28. The molecule has 2 N–H and O–H groups in total. The third-order valence-corrected chi connectivity index (χ3v) is 9.02. The van der Waals surface area contributed by atoms with Crippen molar-refractivity contribution in [3.05, 3.63) is 59.0 Å². The van der Waals surface area contributed by atoms with Crippen LogP contribution >= 0.6 is 11.8 Å². The van der Waals surface area contributed by atoms with Crippen molar-refractivity contribution in [2.45, 2.75) is 71.0 Å². The van der Waals surface area contributed by atoms with E-state index in [0.29, 0.717) is 55.6 Å². The molecule has 1 aliphatic heterocycles. The molecule has 1 aromatic carbocycles. The van der Waals surface area contributed by atoms with E-state index >= 15 is 0 Å². The van der Waals surface area contributed by atoms with E-state index in [0.717, 1.165) is 41.8 Å². The Morgan fingerprint density at radius 2 is 1.84 bits per heavy atom. The molecule has 11 nitrogen and oxygen atoms in total. The first kappa shape index (κ1) is 32.5. The van der Waals surface area contributed by atoms with Gasteiger partial charge in [0.15, 0.2) is 11.6 Å². The number of hydrogen-bond donors (Lipinski definition) is 2. The topological polar surface area (TPSA) is 131 Å². The van der Waals surface area contributed by atoms with E-state index in [1.807, 2.05) is 61.2 Å². The van der Waals surface area contributed by atoms with Gasteiger partial charge in [-0.25, -0.2) is 14.6 Å². The number of aryl methyl sites for hydroxylation is 2. The van der Waals surface area contributed by atoms with E-state index in [1.54, 1.807) is 16.7 Å². The van der Waals surface area contributed by atoms with Gasteiger partial charge in [0.2, 0.25) is 17.7 Å². The maximum Gasteiger partial charge on any atom is 0.259 e. The van der Waals surface area contributed by atoms with Crippen LogP contribution in [0.5, 0.6) is 5.88 Å². The van der Waals surface area contributed by atoms with Crippen molar-refractivity contribution >= 4 is 29.5 Å². The predicted molar refractivity (Wildman–Crippen MR) is 174 cm³/mol. The summed E-state index contributed by atoms with van der Waals surface area (Å²) in [6.45, 7) is 5.06. The Hall–Kier alpha value is -3.93. The van der Waals surface area contributed by atoms with Crippen molar-refractivity contribution < 1.29 is 19.1 Å². The van der Waals surface area contributed by atoms with E-state index in [9.17, 15) is 14.4 Å². The van der Waals surface area contributed by atoms with Gasteiger partial charge in [-0.1, -0.05) is 44.2 Å². The number of nitrogens with one attached hydrogen (secondary N) is 2. The molecule has 3 amide bonds. The number of carbonyl (C=O) groups excluding carboxylic acids is 3. The number of carbonyl (C=O) groups is 3. The molecular weight excluding hydrogens is 590 g/mol. The summed E-state index contributed by atoms with van der Waals surface area (Å²) in [6, 6.07) is 10.5. The van der Waals surface area contributed by atoms with Crippen LogP contribution in [-0.4, -0.2) is 80.6 Å². The average Bonchev–Trinajstić information content (AvgIpc) is 3.69. The molecule has 0 spiro atoms. The number of aromatic nitrogens is 4. The lowest BCUT2D eigenvalue weighted by Crippen LogP contribution is -2.49. The smallest absolute Gasteiger partial charge is 0.259 e. The van der Waals surface area contributed by atoms with Crippen LogP contribution in [0.25, 0.3) is 11.4 Å². The van der Waals surface area contributed by atoms with E-state index in [-0.39, 0.29) is 30.1 Å². The molecule has 2 aliphatic rings. The van der Waals surface area contributed by atoms with Crippen molar-refractivity contribution in [3.8, 4) is 17.3 Å². The second kappa shape index (κ2) is 14.9. The summed E-state index contributed by atoms with van der Waals surface area (Å²) in [6.07, 6.45) is 5.87. The summed E-state index contributed by atoms with van der Waals surface area (Å²) in [5.74, 6) is 1.52. The molecule has 3 heterocycles. The monoisotopic (exact) mass is 633 g/mol. The second-order valence-corrected chi connectivity index (χ2v) is 12.9. The van der Waals surface area contributed by atoms with Crippen LogP contribution in [-0.2, 0) is 29.0 Å². The Morgan fingerprint density at radius 1 is 1.04 bits per heavy atom. The van der Waals surface area contributed by atoms with Crippen molar-refractivity contribution in [1.29, 1.82) is 0 Å². The number of thioether (sulfide) groups is 1. The van der Waals surface area contributed by atoms with E-state index in [1.165, 1.54) is 7.11 Å². The first-order valence-corrected chi connectivity index (χ1v) is 17.1. The highest BCUT2D eigenvalue weighted by Crippen LogP contribution is 2.28. The number of nitrogens with zero attached hydrogens (tertiary/aromatic N) is 5. The molecule has 2 atom stereocenters. The summed E-state index contributed by atoms with van der Waals surface area (Å²) in [5.41, 5.74) is 3.35. The molecule has 240 valence electrons. The number of methoxy groups -OCH3 is 1. The minimum Gasteiger partial charge on any atom is -0.480 e. The highest BCUT2D eigenvalue weighted by atomic mass is 32.2. The van der Waals surface area contributed by atoms with Gasteiger partial charge in [-0.15, -0.1) is 0 Å². The molecule has 0 unspecified atom stereocenters. The number of benzene rings is 1. The molecule has 3 aromatic rings. The van der Waals surface area contributed by atoms with Gasteiger partial charge in [-0.3, -0.25) is 14.4 Å². The number of amides is 3. The van der Waals surface area contributed by atoms with E-state index in [2.05, 4.69) is 15.6 Å². The zero-order valence-electron chi connectivity index (χ0n) is 26.5. The van der Waals surface area contributed by atoms with Gasteiger partial charge in [0.05, 0.1) is 19.7 Å². The second-order valence-electron chi connectivity index (χ2n) is 11.9. The van der Waals surface area contributed by atoms with Gasteiger partial charge in [-0.2, -0.15) is 16.9 Å². The Labute approximate surface area is 268 Å². The first-order chi connectivity index (χ1) is 21.8. The molecule has 0 radical (unpaired) electrons. The maximum absolute atomic E-state index is 14.1. The van der Waals surface area contributed by atoms with Crippen molar-refractivity contribution in [3.63, 3.8) is 0 Å². The minimum absolute atomic E-state index is 0.0233. The molecule has 45 heavy (non-hydrogen) atoms. The van der Waals surface area contributed by atoms with Crippen molar-refractivity contribution in [2.75, 3.05) is 32.2 Å². The average molecular weight is 634 g/mol. The lowest BCUT2D eigenvalue weighted by molar-refractivity contribution is -0.129. The van der Waals surface area contributed by atoms with Crippen LogP contribution in [0.4, 0.5) is 0 Å². The molecule has 2 aromatic heterocycles. The SMILES string of the molecule is COc1nc2c(cc1C(=O)N1CCCC(=O)N[C@@H](CCSC)C(=O)N[C@H](C(C)C)c3nc(-c4ccccc4)nn3CC1)CCC2. The molecule has 0 bridgehead atoms. The third-order valence-electron chi connectivity index (χ3n) is 8.38. The Morgan fingerprint density at radius 3 is 2.58 bits per heavy atom. The van der Waals surface area contributed by atoms with Crippen LogP contribution in [0.1, 0.15) is 73.0 Å². The van der Waals surface area contributed by atoms with Gasteiger partial charge in [0, 0.05) is 30.8 Å². The standard InChI is InChI=1S/C33H43N7O4S/c1-21(2)28-30-37-29(22-10-6-5-7-11-22)38-40(30)18-17-39(16-9-14-27(41)34-26(15-19-45-4)31(42)36-28)33(43)24-20-23-12-8-13-25(23)35-32(24)44-3/h5-7,10-11,20-21,26,28H,8-9,12-19H2,1-4H3,(H,34,41)(H,36,42)/t26-,28+/m0/s1. The summed E-state index contributed by atoms with van der Waals surface area (Å²) in [7, 11) is 1.54. The van der Waals surface area contributed by atoms with Crippen LogP contribution < -0.4 is 15.4 Å². The fraction of sp³-hybridized carbons (Fsp3) is 0.515. The lowest BCUT2D eigenvalue weighted by atomic mass is 10.0. The van der Waals surface area contributed by atoms with Gasteiger partial charge in [0.25, 0.3) is 5.91 Å². The number of ether oxygens (including phenoxy) is 1. The van der Waals surface area contributed by atoms with Gasteiger partial charge >= 0.3 is 0 Å². The maximum atomic E-state index is 14.1. The van der Waals surface area contributed by atoms with E-state index in [4.69, 9.17) is 14.8 Å². The summed E-state index contributed by atoms with van der Waals surface area (Å²) in [4.78, 5) is 52.2. The van der Waals surface area contributed by atoms with Crippen molar-refractivity contribution in [2.24, 2.45) is 5.92 Å². The van der Waals surface area contributed by atoms with E-state index < -0.39 is 12.1 Å². The van der Waals surface area contributed by atoms with Gasteiger partial charge in [0.1, 0.15) is 11.6 Å². The highest BCUT2D eigenvalue weighted by Gasteiger charge is 2.31. The quantitative estimate of drug-likeness (QED) is 0.402. The normalized spacial score (nSPS) is 19.4. The largest absolute Gasteiger partial charge is 0.480 e. The van der Waals surface area contributed by atoms with Crippen molar-refractivity contribution in [1.82, 2.24) is 35.3 Å². The fourth-order valence-corrected chi connectivity index (χ4v) is 6.38. The molecular formula is C33H43N7O4S. The number of pyridine rings is 1. The Kier molecular flexibility index (Phi) is 10.7. The Bertz CT molecular complexity index is 1510. The predicted octanol–water partition coefficient (Wildman–Crippen LogP) is 3.82. The van der Waals surface area contributed by atoms with Crippen LogP contribution in [0, 0.1) is 5.92 Å². The summed E-state index contributed by atoms with van der Waals surface area (Å²) >= 11 is 1.62. The molecule has 0 saturated carbocycles. The molecule has 0 fully saturated rings. The fourth-order valence-electron chi connectivity index (χ4n) is 5.91. The Balaban J connectivity index is 1.53. The minimum atomic E-state index is -0.682. The van der Waals surface area contributed by atoms with Gasteiger partial charge < -0.3 is 20.3 Å². The number of fused-ring (bicyclic) bond motifs is 2. The zero-order chi connectivity index (χ0) is 31.9. The molecule has 5 rings (SSSR count). The number of rotatable bonds is 7. The van der Waals surface area contributed by atoms with Crippen LogP contribution in [0.3, 0.4) is 0 Å². The molecule has 1 aliphatic carbocycles. The first-order valence-electron chi connectivity index (χ1n) is 15.7. The third kappa shape index (κ3) is 7.66. The zero-order valence-corrected chi connectivity index (χ0v) is 27.4. The molecule has 12 heteroatoms. The highest BCUT2D eigenvalue weighted by molar-refractivity contribution is 7.98. The van der Waals surface area contributed by atoms with Gasteiger partial charge in [-0.05, 0) is 61.7 Å². The molecule has 0 saturated heterocycles. The van der Waals surface area contributed by atoms with Crippen LogP contribution in [0.15, 0.2) is 36.4 Å². The van der Waals surface area contributed by atoms with Crippen LogP contribution in [0.2, 0.25) is 0 Å². The number of hydrogen-bond acceptors (Lipinski definition) is 8. The summed E-state index contributed by atoms with van der Waals surface area (Å²) < 4.78 is 7.39.